The standard InChI is InChI=1S/C14H19N3O2S/c1-20(18,19)11-4-5-12-13(10-11)16-14(15-12)6-9-17-7-2-3-8-17/h4-5,10H,2-3,6-9H2,1H3,(H,15,16). The van der Waals surface area contributed by atoms with Crippen molar-refractivity contribution in [3.8, 4) is 0 Å². The van der Waals surface area contributed by atoms with Gasteiger partial charge in [0.15, 0.2) is 9.84 Å². The predicted octanol–water partition coefficient (Wildman–Crippen LogP) is 1.60. The highest BCUT2D eigenvalue weighted by molar-refractivity contribution is 7.90. The SMILES string of the molecule is CS(=O)(=O)c1ccc2nc(CCN3CCCC3)[nH]c2c1. The summed E-state index contributed by atoms with van der Waals surface area (Å²) in [6.07, 6.45) is 4.68. The monoisotopic (exact) mass is 293 g/mol. The van der Waals surface area contributed by atoms with E-state index in [9.17, 15) is 8.42 Å². The van der Waals surface area contributed by atoms with Gasteiger partial charge in [-0.05, 0) is 44.1 Å². The van der Waals surface area contributed by atoms with Gasteiger partial charge in [0.1, 0.15) is 5.82 Å². The molecule has 1 N–H and O–H groups in total. The molecule has 6 heteroatoms. The zero-order valence-corrected chi connectivity index (χ0v) is 12.4. The first-order chi connectivity index (χ1) is 9.52. The first-order valence-corrected chi connectivity index (χ1v) is 8.82. The van der Waals surface area contributed by atoms with E-state index in [1.54, 1.807) is 18.2 Å². The van der Waals surface area contributed by atoms with Crippen LogP contribution in [0.1, 0.15) is 18.7 Å². The Kier molecular flexibility index (Phi) is 3.52. The largest absolute Gasteiger partial charge is 0.342 e. The van der Waals surface area contributed by atoms with E-state index < -0.39 is 9.84 Å². The Morgan fingerprint density at radius 2 is 2.05 bits per heavy atom. The van der Waals surface area contributed by atoms with Crippen LogP contribution in [0.15, 0.2) is 23.1 Å². The number of likely N-dealkylation sites (tertiary alicyclic amines) is 1. The van der Waals surface area contributed by atoms with Gasteiger partial charge < -0.3 is 9.88 Å². The van der Waals surface area contributed by atoms with Crippen LogP contribution in [-0.2, 0) is 16.3 Å². The average molecular weight is 293 g/mol. The van der Waals surface area contributed by atoms with E-state index >= 15 is 0 Å². The number of H-pyrrole nitrogens is 1. The van der Waals surface area contributed by atoms with E-state index in [1.165, 1.54) is 32.2 Å². The zero-order valence-electron chi connectivity index (χ0n) is 11.6. The van der Waals surface area contributed by atoms with Crippen molar-refractivity contribution in [2.75, 3.05) is 25.9 Å². The van der Waals surface area contributed by atoms with Gasteiger partial charge in [0.2, 0.25) is 0 Å². The Labute approximate surface area is 118 Å². The summed E-state index contributed by atoms with van der Waals surface area (Å²) < 4.78 is 23.1. The molecule has 1 saturated heterocycles. The van der Waals surface area contributed by atoms with E-state index in [2.05, 4.69) is 14.9 Å². The molecule has 0 saturated carbocycles. The van der Waals surface area contributed by atoms with Gasteiger partial charge in [0.25, 0.3) is 0 Å². The van der Waals surface area contributed by atoms with E-state index in [1.807, 2.05) is 0 Å². The highest BCUT2D eigenvalue weighted by atomic mass is 32.2. The first kappa shape index (κ1) is 13.6. The number of nitrogens with one attached hydrogen (secondary N) is 1. The van der Waals surface area contributed by atoms with Crippen LogP contribution in [0.25, 0.3) is 11.0 Å². The van der Waals surface area contributed by atoms with Gasteiger partial charge in [-0.1, -0.05) is 0 Å². The third kappa shape index (κ3) is 2.86. The summed E-state index contributed by atoms with van der Waals surface area (Å²) in [4.78, 5) is 10.5. The number of imidazole rings is 1. The normalized spacial score (nSPS) is 17.1. The second kappa shape index (κ2) is 5.18. The summed E-state index contributed by atoms with van der Waals surface area (Å²) in [6, 6.07) is 5.04. The number of hydrogen-bond acceptors (Lipinski definition) is 4. The molecular weight excluding hydrogens is 274 g/mol. The molecule has 2 aromatic rings. The van der Waals surface area contributed by atoms with Crippen LogP contribution >= 0.6 is 0 Å². The molecule has 0 atom stereocenters. The molecule has 0 aliphatic carbocycles. The third-order valence-electron chi connectivity index (χ3n) is 3.79. The number of aromatic nitrogens is 2. The molecule has 1 aliphatic heterocycles. The maximum Gasteiger partial charge on any atom is 0.175 e. The molecule has 1 aromatic heterocycles. The summed E-state index contributed by atoms with van der Waals surface area (Å²) in [5, 5.41) is 0. The minimum Gasteiger partial charge on any atom is -0.342 e. The van der Waals surface area contributed by atoms with Gasteiger partial charge in [-0.3, -0.25) is 0 Å². The molecule has 20 heavy (non-hydrogen) atoms. The minimum atomic E-state index is -3.17. The first-order valence-electron chi connectivity index (χ1n) is 6.93. The fourth-order valence-electron chi connectivity index (χ4n) is 2.66. The molecule has 0 spiro atoms. The van der Waals surface area contributed by atoms with Gasteiger partial charge in [0, 0.05) is 19.2 Å². The van der Waals surface area contributed by atoms with Gasteiger partial charge in [-0.2, -0.15) is 0 Å². The van der Waals surface area contributed by atoms with E-state index in [-0.39, 0.29) is 0 Å². The Hall–Kier alpha value is -1.40. The van der Waals surface area contributed by atoms with Crippen molar-refractivity contribution in [2.45, 2.75) is 24.2 Å². The van der Waals surface area contributed by atoms with Crippen molar-refractivity contribution in [2.24, 2.45) is 0 Å². The quantitative estimate of drug-likeness (QED) is 0.930. The van der Waals surface area contributed by atoms with Gasteiger partial charge in [-0.15, -0.1) is 0 Å². The van der Waals surface area contributed by atoms with E-state index in [0.717, 1.165) is 29.8 Å². The van der Waals surface area contributed by atoms with Crippen molar-refractivity contribution in [3.63, 3.8) is 0 Å². The number of benzene rings is 1. The third-order valence-corrected chi connectivity index (χ3v) is 4.90. The number of rotatable bonds is 4. The molecule has 0 bridgehead atoms. The fraction of sp³-hybridized carbons (Fsp3) is 0.500. The van der Waals surface area contributed by atoms with Crippen LogP contribution in [-0.4, -0.2) is 49.2 Å². The van der Waals surface area contributed by atoms with Crippen molar-refractivity contribution in [1.82, 2.24) is 14.9 Å². The van der Waals surface area contributed by atoms with Crippen LogP contribution in [0, 0.1) is 0 Å². The molecule has 3 rings (SSSR count). The predicted molar refractivity (Wildman–Crippen MR) is 78.6 cm³/mol. The fourth-order valence-corrected chi connectivity index (χ4v) is 3.31. The van der Waals surface area contributed by atoms with Gasteiger partial charge in [0.05, 0.1) is 15.9 Å². The van der Waals surface area contributed by atoms with Crippen LogP contribution in [0.2, 0.25) is 0 Å². The number of nitrogens with zero attached hydrogens (tertiary/aromatic N) is 2. The van der Waals surface area contributed by atoms with Crippen molar-refractivity contribution in [3.05, 3.63) is 24.0 Å². The second-order valence-electron chi connectivity index (χ2n) is 5.43. The van der Waals surface area contributed by atoms with Crippen molar-refractivity contribution in [1.29, 1.82) is 0 Å². The summed E-state index contributed by atoms with van der Waals surface area (Å²) in [5.74, 6) is 0.928. The molecule has 0 radical (unpaired) electrons. The molecule has 1 aromatic carbocycles. The molecule has 0 unspecified atom stereocenters. The van der Waals surface area contributed by atoms with Crippen LogP contribution in [0.5, 0.6) is 0 Å². The van der Waals surface area contributed by atoms with Gasteiger partial charge in [-0.25, -0.2) is 13.4 Å². The Bertz CT molecular complexity index is 715. The highest BCUT2D eigenvalue weighted by Gasteiger charge is 2.13. The molecule has 1 fully saturated rings. The number of hydrogen-bond donors (Lipinski definition) is 1. The van der Waals surface area contributed by atoms with Gasteiger partial charge >= 0.3 is 0 Å². The Balaban J connectivity index is 1.79. The maximum absolute atomic E-state index is 11.5. The average Bonchev–Trinajstić information content (AvgIpc) is 3.03. The summed E-state index contributed by atoms with van der Waals surface area (Å²) in [7, 11) is -3.17. The summed E-state index contributed by atoms with van der Waals surface area (Å²) in [6.45, 7) is 3.37. The summed E-state index contributed by atoms with van der Waals surface area (Å²) in [5.41, 5.74) is 1.62. The van der Waals surface area contributed by atoms with E-state index in [0.29, 0.717) is 4.90 Å². The summed E-state index contributed by atoms with van der Waals surface area (Å²) >= 11 is 0. The van der Waals surface area contributed by atoms with Crippen LogP contribution in [0.3, 0.4) is 0 Å². The van der Waals surface area contributed by atoms with Crippen molar-refractivity contribution < 1.29 is 8.42 Å². The lowest BCUT2D eigenvalue weighted by Gasteiger charge is -2.12. The minimum absolute atomic E-state index is 0.333. The molecule has 0 amide bonds. The lowest BCUT2D eigenvalue weighted by molar-refractivity contribution is 0.341. The van der Waals surface area contributed by atoms with Crippen LogP contribution < -0.4 is 0 Å². The molecule has 2 heterocycles. The lowest BCUT2D eigenvalue weighted by Crippen LogP contribution is -2.22. The topological polar surface area (TPSA) is 66.1 Å². The lowest BCUT2D eigenvalue weighted by atomic mass is 10.3. The smallest absolute Gasteiger partial charge is 0.175 e. The highest BCUT2D eigenvalue weighted by Crippen LogP contribution is 2.18. The van der Waals surface area contributed by atoms with Crippen LogP contribution in [0.4, 0.5) is 0 Å². The molecule has 108 valence electrons. The molecule has 1 aliphatic rings. The Morgan fingerprint density at radius 1 is 1.30 bits per heavy atom. The second-order valence-corrected chi connectivity index (χ2v) is 7.45. The number of fused-ring (bicyclic) bond motifs is 1. The Morgan fingerprint density at radius 3 is 2.75 bits per heavy atom. The maximum atomic E-state index is 11.5. The number of sulfone groups is 1. The molecular formula is C14H19N3O2S. The molecule has 5 nitrogen and oxygen atoms in total. The zero-order chi connectivity index (χ0) is 14.2. The number of aromatic amines is 1. The van der Waals surface area contributed by atoms with E-state index in [4.69, 9.17) is 0 Å². The van der Waals surface area contributed by atoms with Crippen molar-refractivity contribution >= 4 is 20.9 Å².